The minimum Gasteiger partial charge on any atom is -0.480 e. The highest BCUT2D eigenvalue weighted by atomic mass is 35.5. The average molecular weight is 695 g/mol. The molecular formula is C31H24Cl2F3N3O6S. The number of carboxylic acid groups (broad SMARTS) is 1. The van der Waals surface area contributed by atoms with Crippen LogP contribution in [0.3, 0.4) is 0 Å². The topological polar surface area (TPSA) is 142 Å². The summed E-state index contributed by atoms with van der Waals surface area (Å²) < 4.78 is 71.0. The molecule has 0 bridgehead atoms. The Morgan fingerprint density at radius 2 is 1.41 bits per heavy atom. The third-order valence-electron chi connectivity index (χ3n) is 6.69. The molecule has 0 radical (unpaired) electrons. The molecule has 9 nitrogen and oxygen atoms in total. The first-order chi connectivity index (χ1) is 21.7. The van der Waals surface area contributed by atoms with Crippen molar-refractivity contribution < 1.29 is 41.1 Å². The van der Waals surface area contributed by atoms with Crippen LogP contribution in [0.1, 0.15) is 27.0 Å². The van der Waals surface area contributed by atoms with E-state index in [1.165, 1.54) is 60.7 Å². The fraction of sp³-hybridized carbons (Fsp3) is 0.129. The van der Waals surface area contributed by atoms with Gasteiger partial charge in [0.15, 0.2) is 27.3 Å². The number of aliphatic carboxylic acids is 1. The SMILES string of the molecule is Cc1c(F)c(F)c(S(=O)(=O)Cc2ccccc2)c(NC(=O)NC(Cc2ccc(NC(=O)c3c(Cl)cccc3Cl)cc2)C(=O)O)c1F. The maximum absolute atomic E-state index is 15.2. The van der Waals surface area contributed by atoms with Gasteiger partial charge in [-0.1, -0.05) is 71.7 Å². The molecule has 3 amide bonds. The Bertz CT molecular complexity index is 1910. The number of carbonyl (C=O) groups excluding carboxylic acids is 2. The number of nitrogens with one attached hydrogen (secondary N) is 3. The van der Waals surface area contributed by atoms with Gasteiger partial charge in [0.25, 0.3) is 5.91 Å². The number of urea groups is 1. The van der Waals surface area contributed by atoms with E-state index in [9.17, 15) is 32.3 Å². The van der Waals surface area contributed by atoms with Crippen LogP contribution in [0, 0.1) is 24.4 Å². The second-order valence-corrected chi connectivity index (χ2v) is 12.7. The zero-order valence-corrected chi connectivity index (χ0v) is 26.0. The molecule has 0 spiro atoms. The van der Waals surface area contributed by atoms with Gasteiger partial charge in [0, 0.05) is 17.7 Å². The summed E-state index contributed by atoms with van der Waals surface area (Å²) >= 11 is 12.1. The van der Waals surface area contributed by atoms with Gasteiger partial charge in [-0.15, -0.1) is 0 Å². The van der Waals surface area contributed by atoms with Crippen molar-refractivity contribution >= 4 is 62.3 Å². The third-order valence-corrected chi connectivity index (χ3v) is 9.04. The van der Waals surface area contributed by atoms with Gasteiger partial charge in [0.1, 0.15) is 16.6 Å². The van der Waals surface area contributed by atoms with Crippen molar-refractivity contribution in [1.82, 2.24) is 5.32 Å². The Morgan fingerprint density at radius 1 is 0.804 bits per heavy atom. The number of benzene rings is 4. The van der Waals surface area contributed by atoms with Crippen LogP contribution in [0.15, 0.2) is 77.7 Å². The van der Waals surface area contributed by atoms with Crippen molar-refractivity contribution in [1.29, 1.82) is 0 Å². The summed E-state index contributed by atoms with van der Waals surface area (Å²) in [5.41, 5.74) is -1.14. The lowest BCUT2D eigenvalue weighted by Crippen LogP contribution is -2.44. The minimum atomic E-state index is -4.77. The van der Waals surface area contributed by atoms with Crippen LogP contribution < -0.4 is 16.0 Å². The normalized spacial score (nSPS) is 11.9. The Labute approximate surface area is 271 Å². The molecule has 15 heteroatoms. The first-order valence-electron chi connectivity index (χ1n) is 13.3. The van der Waals surface area contributed by atoms with Gasteiger partial charge < -0.3 is 21.1 Å². The van der Waals surface area contributed by atoms with E-state index in [4.69, 9.17) is 23.2 Å². The van der Waals surface area contributed by atoms with Crippen LogP contribution in [-0.4, -0.2) is 37.5 Å². The molecule has 46 heavy (non-hydrogen) atoms. The fourth-order valence-electron chi connectivity index (χ4n) is 4.40. The van der Waals surface area contributed by atoms with Crippen LogP contribution in [0.4, 0.5) is 29.3 Å². The monoisotopic (exact) mass is 693 g/mol. The number of anilines is 2. The molecule has 0 saturated carbocycles. The summed E-state index contributed by atoms with van der Waals surface area (Å²) in [5, 5.41) is 16.5. The van der Waals surface area contributed by atoms with Gasteiger partial charge >= 0.3 is 12.0 Å². The minimum absolute atomic E-state index is 0.0553. The second-order valence-electron chi connectivity index (χ2n) is 9.96. The Morgan fingerprint density at radius 3 is 2.00 bits per heavy atom. The Hall–Kier alpha value is -4.59. The molecular weight excluding hydrogens is 670 g/mol. The summed E-state index contributed by atoms with van der Waals surface area (Å²) in [6.07, 6.45) is -0.314. The van der Waals surface area contributed by atoms with Crippen molar-refractivity contribution in [3.05, 3.63) is 123 Å². The summed E-state index contributed by atoms with van der Waals surface area (Å²) in [6.45, 7) is 0.847. The van der Waals surface area contributed by atoms with Crippen molar-refractivity contribution in [2.24, 2.45) is 0 Å². The molecule has 4 rings (SSSR count). The van der Waals surface area contributed by atoms with E-state index in [1.807, 2.05) is 5.32 Å². The summed E-state index contributed by atoms with van der Waals surface area (Å²) in [4.78, 5) is 36.0. The molecule has 0 fully saturated rings. The molecule has 0 aliphatic rings. The number of carbonyl (C=O) groups is 3. The highest BCUT2D eigenvalue weighted by Gasteiger charge is 2.33. The highest BCUT2D eigenvalue weighted by molar-refractivity contribution is 7.90. The van der Waals surface area contributed by atoms with E-state index in [0.29, 0.717) is 11.3 Å². The number of sulfone groups is 1. The van der Waals surface area contributed by atoms with Crippen LogP contribution in [-0.2, 0) is 26.8 Å². The van der Waals surface area contributed by atoms with Crippen molar-refractivity contribution in [3.63, 3.8) is 0 Å². The van der Waals surface area contributed by atoms with Gasteiger partial charge in [-0.2, -0.15) is 0 Å². The quantitative estimate of drug-likeness (QED) is 0.135. The first-order valence-corrected chi connectivity index (χ1v) is 15.7. The van der Waals surface area contributed by atoms with Gasteiger partial charge in [-0.3, -0.25) is 4.79 Å². The van der Waals surface area contributed by atoms with Crippen LogP contribution in [0.5, 0.6) is 0 Å². The molecule has 0 saturated heterocycles. The maximum atomic E-state index is 15.2. The molecule has 0 aromatic heterocycles. The second kappa shape index (κ2) is 14.2. The van der Waals surface area contributed by atoms with Crippen molar-refractivity contribution in [2.45, 2.75) is 30.0 Å². The van der Waals surface area contributed by atoms with E-state index in [-0.39, 0.29) is 27.6 Å². The lowest BCUT2D eigenvalue weighted by Gasteiger charge is -2.19. The van der Waals surface area contributed by atoms with E-state index in [1.54, 1.807) is 12.1 Å². The molecule has 0 aliphatic carbocycles. The van der Waals surface area contributed by atoms with Gasteiger partial charge in [-0.25, -0.2) is 31.2 Å². The van der Waals surface area contributed by atoms with Crippen LogP contribution in [0.25, 0.3) is 0 Å². The van der Waals surface area contributed by atoms with Crippen LogP contribution >= 0.6 is 23.2 Å². The molecule has 4 N–H and O–H groups in total. The van der Waals surface area contributed by atoms with E-state index in [2.05, 4.69) is 10.6 Å². The third kappa shape index (κ3) is 7.79. The molecule has 240 valence electrons. The van der Waals surface area contributed by atoms with Gasteiger partial charge in [0.2, 0.25) is 0 Å². The molecule has 0 heterocycles. The molecule has 4 aromatic carbocycles. The standard InChI is InChI=1S/C31H24Cl2F3N3O6S/c1-16-24(34)26(36)28(46(44,45)15-18-6-3-2-4-7-18)27(25(16)35)39-31(43)38-22(30(41)42)14-17-10-12-19(13-11-17)37-29(40)23-20(32)8-5-9-21(23)33/h2-13,22H,14-15H2,1H3,(H,37,40)(H,41,42)(H2,38,39,43). The fourth-order valence-corrected chi connectivity index (χ4v) is 6.56. The van der Waals surface area contributed by atoms with Gasteiger partial charge in [-0.05, 0) is 42.3 Å². The number of halogens is 5. The lowest BCUT2D eigenvalue weighted by atomic mass is 10.1. The highest BCUT2D eigenvalue weighted by Crippen LogP contribution is 2.34. The zero-order valence-electron chi connectivity index (χ0n) is 23.7. The average Bonchev–Trinajstić information content (AvgIpc) is 2.99. The number of hydrogen-bond donors (Lipinski definition) is 4. The molecule has 1 unspecified atom stereocenters. The Kier molecular flexibility index (Phi) is 10.6. The van der Waals surface area contributed by atoms with Crippen molar-refractivity contribution in [2.75, 3.05) is 10.6 Å². The van der Waals surface area contributed by atoms with E-state index >= 15 is 8.78 Å². The summed E-state index contributed by atoms with van der Waals surface area (Å²) in [5.74, 6) is -8.15. The Balaban J connectivity index is 1.52. The number of hydrogen-bond acceptors (Lipinski definition) is 5. The molecule has 4 aromatic rings. The maximum Gasteiger partial charge on any atom is 0.326 e. The number of carboxylic acids is 1. The predicted molar refractivity (Wildman–Crippen MR) is 167 cm³/mol. The summed E-state index contributed by atoms with van der Waals surface area (Å²) in [7, 11) is -4.77. The number of amides is 3. The predicted octanol–water partition coefficient (Wildman–Crippen LogP) is 6.76. The summed E-state index contributed by atoms with van der Waals surface area (Å²) in [6, 6.07) is 14.8. The first kappa shape index (κ1) is 34.3. The largest absolute Gasteiger partial charge is 0.480 e. The van der Waals surface area contributed by atoms with E-state index in [0.717, 1.165) is 6.92 Å². The lowest BCUT2D eigenvalue weighted by molar-refractivity contribution is -0.139. The smallest absolute Gasteiger partial charge is 0.326 e. The zero-order chi connectivity index (χ0) is 33.8. The van der Waals surface area contributed by atoms with Gasteiger partial charge in [0.05, 0.1) is 21.4 Å². The van der Waals surface area contributed by atoms with Crippen molar-refractivity contribution in [3.8, 4) is 0 Å². The van der Waals surface area contributed by atoms with E-state index < -0.39 is 73.1 Å². The molecule has 1 atom stereocenters. The molecule has 0 aliphatic heterocycles. The number of rotatable bonds is 10. The van der Waals surface area contributed by atoms with Crippen LogP contribution in [0.2, 0.25) is 10.0 Å².